The fourth-order valence-electron chi connectivity index (χ4n) is 4.61. The SMILES string of the molecule is CCOc1ccc([C@@H]2C(C(=O)OC(C)C)=C(C)N=c3s/c(=C/c4ccc(-c5cccc(C(=O)O)c5)o4)c(=O)n32)cc1. The number of nitrogens with zero attached hydrogens (tertiary/aromatic N) is 2. The van der Waals surface area contributed by atoms with Gasteiger partial charge in [0.25, 0.3) is 5.56 Å². The maximum atomic E-state index is 13.8. The number of carboxylic acid groups (broad SMARTS) is 1. The van der Waals surface area contributed by atoms with Gasteiger partial charge in [-0.25, -0.2) is 14.6 Å². The van der Waals surface area contributed by atoms with Crippen molar-refractivity contribution in [1.29, 1.82) is 0 Å². The van der Waals surface area contributed by atoms with Crippen molar-refractivity contribution in [2.45, 2.75) is 39.8 Å². The minimum absolute atomic E-state index is 0.144. The van der Waals surface area contributed by atoms with Gasteiger partial charge in [-0.1, -0.05) is 35.6 Å². The van der Waals surface area contributed by atoms with Crippen LogP contribution in [0.15, 0.2) is 86.1 Å². The molecule has 2 aromatic heterocycles. The second-order valence-corrected chi connectivity index (χ2v) is 10.6. The first-order valence-electron chi connectivity index (χ1n) is 13.1. The van der Waals surface area contributed by atoms with E-state index in [1.165, 1.54) is 28.0 Å². The van der Waals surface area contributed by atoms with Crippen molar-refractivity contribution in [2.75, 3.05) is 6.61 Å². The quantitative estimate of drug-likeness (QED) is 0.308. The maximum Gasteiger partial charge on any atom is 0.338 e. The van der Waals surface area contributed by atoms with Gasteiger partial charge in [0, 0.05) is 11.6 Å². The van der Waals surface area contributed by atoms with Gasteiger partial charge in [0.1, 0.15) is 17.3 Å². The summed E-state index contributed by atoms with van der Waals surface area (Å²) in [6, 6.07) is 16.4. The first kappa shape index (κ1) is 27.9. The normalized spacial score (nSPS) is 15.0. The molecule has 9 nitrogen and oxygen atoms in total. The van der Waals surface area contributed by atoms with Crippen molar-refractivity contribution in [3.8, 4) is 17.1 Å². The van der Waals surface area contributed by atoms with Crippen LogP contribution in [0.3, 0.4) is 0 Å². The number of benzene rings is 2. The van der Waals surface area contributed by atoms with Crippen LogP contribution in [0.4, 0.5) is 0 Å². The molecule has 2 aromatic carbocycles. The van der Waals surface area contributed by atoms with Gasteiger partial charge in [0.2, 0.25) is 0 Å². The standard InChI is InChI=1S/C31H28N2O7S/c1-5-38-22-11-9-19(10-12-22)27-26(30(37)39-17(2)3)18(4)32-31-33(27)28(34)25(41-31)16-23-13-14-24(40-23)20-7-6-8-21(15-20)29(35)36/h6-17,27H,5H2,1-4H3,(H,35,36)/b25-16+/t27-/m1/s1. The van der Waals surface area contributed by atoms with E-state index in [4.69, 9.17) is 13.9 Å². The summed E-state index contributed by atoms with van der Waals surface area (Å²) >= 11 is 1.19. The van der Waals surface area contributed by atoms with E-state index in [0.29, 0.717) is 55.6 Å². The van der Waals surface area contributed by atoms with Crippen LogP contribution in [-0.4, -0.2) is 34.3 Å². The van der Waals surface area contributed by atoms with Crippen LogP contribution >= 0.6 is 11.3 Å². The summed E-state index contributed by atoms with van der Waals surface area (Å²) in [4.78, 5) is 43.5. The summed E-state index contributed by atoms with van der Waals surface area (Å²) in [7, 11) is 0. The molecule has 210 valence electrons. The van der Waals surface area contributed by atoms with E-state index >= 15 is 0 Å². The molecule has 4 aromatic rings. The number of aromatic nitrogens is 1. The highest BCUT2D eigenvalue weighted by atomic mass is 32.1. The average molecular weight is 573 g/mol. The second kappa shape index (κ2) is 11.4. The van der Waals surface area contributed by atoms with Crippen LogP contribution in [0, 0.1) is 0 Å². The molecule has 41 heavy (non-hydrogen) atoms. The van der Waals surface area contributed by atoms with Gasteiger partial charge in [-0.15, -0.1) is 0 Å². The first-order valence-corrected chi connectivity index (χ1v) is 13.9. The molecule has 1 aliphatic rings. The highest BCUT2D eigenvalue weighted by Crippen LogP contribution is 2.32. The minimum atomic E-state index is -1.03. The molecular weight excluding hydrogens is 544 g/mol. The molecule has 0 saturated heterocycles. The number of hydrogen-bond acceptors (Lipinski definition) is 8. The number of rotatable bonds is 8. The van der Waals surface area contributed by atoms with Crippen molar-refractivity contribution in [3.63, 3.8) is 0 Å². The molecule has 5 rings (SSSR count). The number of furan rings is 1. The van der Waals surface area contributed by atoms with Gasteiger partial charge in [-0.3, -0.25) is 9.36 Å². The zero-order valence-electron chi connectivity index (χ0n) is 22.9. The molecule has 0 fully saturated rings. The van der Waals surface area contributed by atoms with Gasteiger partial charge in [0.15, 0.2) is 4.80 Å². The number of thiazole rings is 1. The van der Waals surface area contributed by atoms with Crippen molar-refractivity contribution in [2.24, 2.45) is 4.99 Å². The van der Waals surface area contributed by atoms with Gasteiger partial charge in [-0.2, -0.15) is 0 Å². The number of aromatic carboxylic acids is 1. The average Bonchev–Trinajstić information content (AvgIpc) is 3.52. The third-order valence-corrected chi connectivity index (χ3v) is 7.37. The molecule has 10 heteroatoms. The predicted molar refractivity (Wildman–Crippen MR) is 154 cm³/mol. The van der Waals surface area contributed by atoms with Crippen LogP contribution < -0.4 is 19.6 Å². The Kier molecular flexibility index (Phi) is 7.76. The van der Waals surface area contributed by atoms with E-state index < -0.39 is 18.0 Å². The predicted octanol–water partition coefficient (Wildman–Crippen LogP) is 4.54. The number of allylic oxidation sites excluding steroid dienone is 1. The number of carbonyl (C=O) groups is 2. The van der Waals surface area contributed by atoms with Gasteiger partial charge in [-0.05, 0) is 69.7 Å². The molecule has 0 unspecified atom stereocenters. The van der Waals surface area contributed by atoms with E-state index in [1.807, 2.05) is 19.1 Å². The fourth-order valence-corrected chi connectivity index (χ4v) is 5.64. The van der Waals surface area contributed by atoms with Gasteiger partial charge < -0.3 is 19.0 Å². The van der Waals surface area contributed by atoms with Crippen molar-refractivity contribution in [3.05, 3.63) is 109 Å². The smallest absolute Gasteiger partial charge is 0.338 e. The topological polar surface area (TPSA) is 120 Å². The molecule has 0 aliphatic carbocycles. The Labute approximate surface area is 239 Å². The molecular formula is C31H28N2O7S. The Bertz CT molecular complexity index is 1840. The van der Waals surface area contributed by atoms with E-state index in [9.17, 15) is 19.5 Å². The molecule has 1 N–H and O–H groups in total. The van der Waals surface area contributed by atoms with Crippen molar-refractivity contribution < 1.29 is 28.6 Å². The van der Waals surface area contributed by atoms with Crippen LogP contribution in [0.1, 0.15) is 55.4 Å². The lowest BCUT2D eigenvalue weighted by Gasteiger charge is -2.25. The summed E-state index contributed by atoms with van der Waals surface area (Å²) in [6.45, 7) is 7.68. The number of carbonyl (C=O) groups excluding carboxylic acids is 1. The number of fused-ring (bicyclic) bond motifs is 1. The van der Waals surface area contributed by atoms with E-state index in [2.05, 4.69) is 4.99 Å². The lowest BCUT2D eigenvalue weighted by molar-refractivity contribution is -0.143. The fraction of sp³-hybridized carbons (Fsp3) is 0.226. The zero-order chi connectivity index (χ0) is 29.3. The minimum Gasteiger partial charge on any atom is -0.494 e. The molecule has 3 heterocycles. The summed E-state index contributed by atoms with van der Waals surface area (Å²) in [5, 5.41) is 9.30. The Morgan fingerprint density at radius 2 is 1.90 bits per heavy atom. The van der Waals surface area contributed by atoms with Crippen LogP contribution in [0.2, 0.25) is 0 Å². The van der Waals surface area contributed by atoms with E-state index in [1.54, 1.807) is 63.2 Å². The summed E-state index contributed by atoms with van der Waals surface area (Å²) in [5.41, 5.74) is 1.89. The van der Waals surface area contributed by atoms with Crippen LogP contribution in [-0.2, 0) is 9.53 Å². The molecule has 0 amide bonds. The monoisotopic (exact) mass is 572 g/mol. The van der Waals surface area contributed by atoms with Crippen LogP contribution in [0.5, 0.6) is 5.75 Å². The van der Waals surface area contributed by atoms with Crippen LogP contribution in [0.25, 0.3) is 17.4 Å². The lowest BCUT2D eigenvalue weighted by atomic mass is 9.96. The molecule has 0 saturated carbocycles. The largest absolute Gasteiger partial charge is 0.494 e. The van der Waals surface area contributed by atoms with Crippen molar-refractivity contribution >= 4 is 29.4 Å². The maximum absolute atomic E-state index is 13.8. The molecule has 0 radical (unpaired) electrons. The molecule has 1 atom stereocenters. The first-order chi connectivity index (χ1) is 19.7. The lowest BCUT2D eigenvalue weighted by Crippen LogP contribution is -2.40. The Balaban J connectivity index is 1.60. The van der Waals surface area contributed by atoms with Gasteiger partial charge in [0.05, 0.1) is 40.1 Å². The zero-order valence-corrected chi connectivity index (χ0v) is 23.7. The highest BCUT2D eigenvalue weighted by Gasteiger charge is 2.33. The van der Waals surface area contributed by atoms with E-state index in [-0.39, 0.29) is 17.2 Å². The highest BCUT2D eigenvalue weighted by molar-refractivity contribution is 7.07. The Morgan fingerprint density at radius 1 is 1.15 bits per heavy atom. The number of hydrogen-bond donors (Lipinski definition) is 1. The number of carboxylic acids is 1. The number of esters is 1. The summed E-state index contributed by atoms with van der Waals surface area (Å²) in [6.07, 6.45) is 1.27. The molecule has 1 aliphatic heterocycles. The number of ether oxygens (including phenoxy) is 2. The molecule has 0 bridgehead atoms. The summed E-state index contributed by atoms with van der Waals surface area (Å²) in [5.74, 6) is -0.00617. The third-order valence-electron chi connectivity index (χ3n) is 6.39. The Morgan fingerprint density at radius 3 is 2.59 bits per heavy atom. The van der Waals surface area contributed by atoms with E-state index in [0.717, 1.165) is 0 Å². The molecule has 0 spiro atoms. The van der Waals surface area contributed by atoms with Crippen molar-refractivity contribution in [1.82, 2.24) is 4.57 Å². The summed E-state index contributed by atoms with van der Waals surface area (Å²) < 4.78 is 19.0. The Hall–Kier alpha value is -4.70. The second-order valence-electron chi connectivity index (χ2n) is 9.63. The van der Waals surface area contributed by atoms with Gasteiger partial charge >= 0.3 is 11.9 Å². The third kappa shape index (κ3) is 5.64.